The molecular weight excluding hydrogens is 471 g/mol. The number of likely N-dealkylation sites (tertiary alicyclic amines) is 1. The van der Waals surface area contributed by atoms with Gasteiger partial charge in [0.25, 0.3) is 11.5 Å². The molecule has 9 nitrogen and oxygen atoms in total. The van der Waals surface area contributed by atoms with E-state index in [1.165, 1.54) is 30.3 Å². The number of phenols is 1. The lowest BCUT2D eigenvalue weighted by Gasteiger charge is -2.21. The van der Waals surface area contributed by atoms with Gasteiger partial charge in [0.1, 0.15) is 17.7 Å². The number of aromatic amines is 1. The van der Waals surface area contributed by atoms with Crippen LogP contribution in [0.5, 0.6) is 17.2 Å². The fourth-order valence-electron chi connectivity index (χ4n) is 3.62. The Morgan fingerprint density at radius 3 is 2.33 bits per heavy atom. The summed E-state index contributed by atoms with van der Waals surface area (Å²) in [6, 6.07) is 7.11. The van der Waals surface area contributed by atoms with Crippen LogP contribution in [0.1, 0.15) is 36.0 Å². The summed E-state index contributed by atoms with van der Waals surface area (Å²) in [4.78, 5) is 40.0. The Balaban J connectivity index is 1.62. The lowest BCUT2D eigenvalue weighted by Crippen LogP contribution is -2.31. The zero-order chi connectivity index (χ0) is 23.5. The third-order valence-corrected chi connectivity index (χ3v) is 5.81. The maximum Gasteiger partial charge on any atom is 0.349 e. The van der Waals surface area contributed by atoms with Crippen LogP contribution in [0.15, 0.2) is 46.1 Å². The highest BCUT2D eigenvalue weighted by Crippen LogP contribution is 2.39. The molecule has 1 aliphatic heterocycles. The first-order valence-electron chi connectivity index (χ1n) is 10.3. The van der Waals surface area contributed by atoms with E-state index in [0.717, 1.165) is 36.6 Å². The standard InChI is InChI=1S/C22H20Cl2N4O5/c23-16-9-13(28-22(32)26-19(30)12-25-28)10-17(24)20(16)33-14-5-6-18(29)15(11-14)21(31)27-7-3-1-2-4-8-27/h5-6,9-12,29H,1-4,7-8H2,(H,26,30,32). The van der Waals surface area contributed by atoms with Crippen LogP contribution in [0.25, 0.3) is 5.69 Å². The number of hydrogen-bond donors (Lipinski definition) is 2. The van der Waals surface area contributed by atoms with Crippen molar-refractivity contribution in [3.05, 3.63) is 73.0 Å². The highest BCUT2D eigenvalue weighted by Gasteiger charge is 2.22. The molecule has 3 aromatic rings. The van der Waals surface area contributed by atoms with Gasteiger partial charge in [-0.05, 0) is 43.2 Å². The molecule has 0 saturated carbocycles. The van der Waals surface area contributed by atoms with Crippen molar-refractivity contribution in [2.24, 2.45) is 0 Å². The minimum Gasteiger partial charge on any atom is -0.507 e. The van der Waals surface area contributed by atoms with Gasteiger partial charge in [-0.3, -0.25) is 14.6 Å². The molecule has 0 aliphatic carbocycles. The number of H-pyrrole nitrogens is 1. The number of nitrogens with zero attached hydrogens (tertiary/aromatic N) is 3. The Morgan fingerprint density at radius 2 is 1.70 bits per heavy atom. The molecule has 0 atom stereocenters. The van der Waals surface area contributed by atoms with Crippen molar-refractivity contribution in [2.45, 2.75) is 25.7 Å². The van der Waals surface area contributed by atoms with E-state index in [2.05, 4.69) is 10.1 Å². The maximum absolute atomic E-state index is 13.0. The molecule has 0 bridgehead atoms. The van der Waals surface area contributed by atoms with E-state index in [9.17, 15) is 19.5 Å². The summed E-state index contributed by atoms with van der Waals surface area (Å²) in [5.74, 6) is -0.0659. The molecule has 2 heterocycles. The predicted molar refractivity (Wildman–Crippen MR) is 123 cm³/mol. The van der Waals surface area contributed by atoms with Crippen LogP contribution >= 0.6 is 23.2 Å². The molecule has 1 saturated heterocycles. The Bertz CT molecular complexity index is 1290. The Morgan fingerprint density at radius 1 is 1.03 bits per heavy atom. The number of nitrogens with one attached hydrogen (secondary N) is 1. The molecule has 1 aromatic heterocycles. The first-order chi connectivity index (χ1) is 15.8. The van der Waals surface area contributed by atoms with Crippen LogP contribution in [-0.2, 0) is 0 Å². The molecule has 1 fully saturated rings. The van der Waals surface area contributed by atoms with Gasteiger partial charge in [-0.15, -0.1) is 0 Å². The van der Waals surface area contributed by atoms with Crippen LogP contribution in [0.4, 0.5) is 0 Å². The maximum atomic E-state index is 13.0. The number of benzene rings is 2. The molecule has 4 rings (SSSR count). The number of aromatic nitrogens is 3. The van der Waals surface area contributed by atoms with Crippen LogP contribution in [0.3, 0.4) is 0 Å². The summed E-state index contributed by atoms with van der Waals surface area (Å²) in [5, 5.41) is 14.2. The molecule has 1 amide bonds. The van der Waals surface area contributed by atoms with Gasteiger partial charge in [0.2, 0.25) is 0 Å². The number of ether oxygens (including phenoxy) is 1. The van der Waals surface area contributed by atoms with Crippen molar-refractivity contribution in [2.75, 3.05) is 13.1 Å². The first kappa shape index (κ1) is 22.9. The molecule has 0 unspecified atom stereocenters. The summed E-state index contributed by atoms with van der Waals surface area (Å²) in [5.41, 5.74) is -1.03. The highest BCUT2D eigenvalue weighted by molar-refractivity contribution is 6.37. The zero-order valence-electron chi connectivity index (χ0n) is 17.4. The third-order valence-electron chi connectivity index (χ3n) is 5.25. The third kappa shape index (κ3) is 5.04. The second-order valence-electron chi connectivity index (χ2n) is 7.58. The van der Waals surface area contributed by atoms with E-state index in [1.54, 1.807) is 4.90 Å². The van der Waals surface area contributed by atoms with Crippen molar-refractivity contribution in [3.63, 3.8) is 0 Å². The number of hydrogen-bond acceptors (Lipinski definition) is 6. The van der Waals surface area contributed by atoms with Gasteiger partial charge in [0.15, 0.2) is 5.75 Å². The lowest BCUT2D eigenvalue weighted by atomic mass is 10.1. The summed E-state index contributed by atoms with van der Waals surface area (Å²) in [6.45, 7) is 1.28. The van der Waals surface area contributed by atoms with E-state index in [4.69, 9.17) is 27.9 Å². The van der Waals surface area contributed by atoms with E-state index < -0.39 is 11.2 Å². The van der Waals surface area contributed by atoms with Gasteiger partial charge in [0.05, 0.1) is 21.3 Å². The fourth-order valence-corrected chi connectivity index (χ4v) is 4.17. The topological polar surface area (TPSA) is 118 Å². The average Bonchev–Trinajstić information content (AvgIpc) is 3.06. The number of carbonyl (C=O) groups excluding carboxylic acids is 1. The molecule has 11 heteroatoms. The molecule has 1 aliphatic rings. The summed E-state index contributed by atoms with van der Waals surface area (Å²) in [6.07, 6.45) is 4.95. The number of amides is 1. The van der Waals surface area contributed by atoms with Gasteiger partial charge in [-0.1, -0.05) is 36.0 Å². The predicted octanol–water partition coefficient (Wildman–Crippen LogP) is 3.74. The van der Waals surface area contributed by atoms with E-state index in [0.29, 0.717) is 13.1 Å². The molecule has 33 heavy (non-hydrogen) atoms. The second-order valence-corrected chi connectivity index (χ2v) is 8.39. The van der Waals surface area contributed by atoms with Crippen LogP contribution in [0, 0.1) is 0 Å². The van der Waals surface area contributed by atoms with Gasteiger partial charge >= 0.3 is 5.69 Å². The minimum absolute atomic E-state index is 0.0749. The fraction of sp³-hybridized carbons (Fsp3) is 0.273. The number of phenolic OH excluding ortho intramolecular Hbond substituents is 1. The van der Waals surface area contributed by atoms with E-state index in [1.807, 2.05) is 0 Å². The van der Waals surface area contributed by atoms with Crippen molar-refractivity contribution in [1.82, 2.24) is 19.7 Å². The first-order valence-corrected chi connectivity index (χ1v) is 11.1. The lowest BCUT2D eigenvalue weighted by molar-refractivity contribution is 0.0758. The second kappa shape index (κ2) is 9.68. The summed E-state index contributed by atoms with van der Waals surface area (Å²) >= 11 is 12.7. The zero-order valence-corrected chi connectivity index (χ0v) is 18.9. The summed E-state index contributed by atoms with van der Waals surface area (Å²) < 4.78 is 6.76. The SMILES string of the molecule is O=C(c1cc(Oc2c(Cl)cc(-n3ncc(=O)[nH]c3=O)cc2Cl)ccc1O)N1CCCCCC1. The quantitative estimate of drug-likeness (QED) is 0.574. The van der Waals surface area contributed by atoms with E-state index in [-0.39, 0.29) is 44.5 Å². The Hall–Kier alpha value is -3.30. The normalized spacial score (nSPS) is 14.1. The monoisotopic (exact) mass is 490 g/mol. The molecule has 172 valence electrons. The largest absolute Gasteiger partial charge is 0.507 e. The van der Waals surface area contributed by atoms with Gasteiger partial charge in [-0.2, -0.15) is 9.78 Å². The highest BCUT2D eigenvalue weighted by atomic mass is 35.5. The van der Waals surface area contributed by atoms with Gasteiger partial charge < -0.3 is 14.7 Å². The summed E-state index contributed by atoms with van der Waals surface area (Å²) in [7, 11) is 0. The van der Waals surface area contributed by atoms with Crippen LogP contribution < -0.4 is 16.0 Å². The molecule has 0 radical (unpaired) electrons. The van der Waals surface area contributed by atoms with Crippen LogP contribution in [-0.4, -0.2) is 43.8 Å². The van der Waals surface area contributed by atoms with Gasteiger partial charge in [0, 0.05) is 13.1 Å². The number of halogens is 2. The Labute approximate surface area is 198 Å². The van der Waals surface area contributed by atoms with Crippen LogP contribution in [0.2, 0.25) is 10.0 Å². The molecule has 0 spiro atoms. The number of aromatic hydroxyl groups is 1. The molecule has 2 N–H and O–H groups in total. The van der Waals surface area contributed by atoms with Crippen molar-refractivity contribution in [1.29, 1.82) is 0 Å². The van der Waals surface area contributed by atoms with Crippen molar-refractivity contribution >= 4 is 29.1 Å². The van der Waals surface area contributed by atoms with E-state index >= 15 is 0 Å². The van der Waals surface area contributed by atoms with Gasteiger partial charge in [-0.25, -0.2) is 4.79 Å². The van der Waals surface area contributed by atoms with Crippen molar-refractivity contribution < 1.29 is 14.6 Å². The Kier molecular flexibility index (Phi) is 6.71. The number of rotatable bonds is 4. The smallest absolute Gasteiger partial charge is 0.349 e. The number of carbonyl (C=O) groups is 1. The molecule has 2 aromatic carbocycles. The molecular formula is C22H20Cl2N4O5. The van der Waals surface area contributed by atoms with Crippen molar-refractivity contribution in [3.8, 4) is 22.9 Å². The minimum atomic E-state index is -0.751. The average molecular weight is 491 g/mol.